The number of anilines is 1. The van der Waals surface area contributed by atoms with E-state index in [1.54, 1.807) is 0 Å². The molecule has 14 heavy (non-hydrogen) atoms. The lowest BCUT2D eigenvalue weighted by Crippen LogP contribution is -2.15. The minimum absolute atomic E-state index is 0.715. The Morgan fingerprint density at radius 1 is 1.14 bits per heavy atom. The van der Waals surface area contributed by atoms with Crippen molar-refractivity contribution < 1.29 is 4.74 Å². The highest BCUT2D eigenvalue weighted by molar-refractivity contribution is 5.46. The van der Waals surface area contributed by atoms with E-state index in [1.807, 2.05) is 6.92 Å². The van der Waals surface area contributed by atoms with Crippen LogP contribution in [-0.2, 0) is 11.3 Å². The molecule has 0 saturated heterocycles. The van der Waals surface area contributed by atoms with Crippen LogP contribution in [0.1, 0.15) is 19.4 Å². The van der Waals surface area contributed by atoms with Gasteiger partial charge in [0.25, 0.3) is 0 Å². The molecule has 0 bridgehead atoms. The monoisotopic (exact) mass is 193 g/mol. The number of hydrogen-bond acceptors (Lipinski definition) is 2. The van der Waals surface area contributed by atoms with E-state index >= 15 is 0 Å². The smallest absolute Gasteiger partial charge is 0.0716 e. The largest absolute Gasteiger partial charge is 0.377 e. The summed E-state index contributed by atoms with van der Waals surface area (Å²) in [5.41, 5.74) is 2.49. The first-order valence-corrected chi connectivity index (χ1v) is 5.15. The van der Waals surface area contributed by atoms with Crippen molar-refractivity contribution in [3.05, 3.63) is 29.8 Å². The molecule has 0 atom stereocenters. The highest BCUT2D eigenvalue weighted by Crippen LogP contribution is 2.13. The Morgan fingerprint density at radius 3 is 2.29 bits per heavy atom. The van der Waals surface area contributed by atoms with Gasteiger partial charge in [0.15, 0.2) is 0 Å². The number of nitrogens with zero attached hydrogens (tertiary/aromatic N) is 1. The average molecular weight is 193 g/mol. The minimum atomic E-state index is 0.715. The summed E-state index contributed by atoms with van der Waals surface area (Å²) in [5.74, 6) is 0. The fourth-order valence-corrected chi connectivity index (χ4v) is 1.25. The molecule has 0 radical (unpaired) electrons. The van der Waals surface area contributed by atoms with Gasteiger partial charge in [0.05, 0.1) is 6.61 Å². The molecule has 0 aromatic heterocycles. The molecule has 0 spiro atoms. The summed E-state index contributed by atoms with van der Waals surface area (Å²) in [7, 11) is 2.09. The Bertz CT molecular complexity index is 256. The van der Waals surface area contributed by atoms with Crippen molar-refractivity contribution in [3.8, 4) is 0 Å². The van der Waals surface area contributed by atoms with Crippen LogP contribution in [0.25, 0.3) is 0 Å². The maximum absolute atomic E-state index is 5.33. The third-order valence-corrected chi connectivity index (χ3v) is 2.32. The number of ether oxygens (including phenoxy) is 1. The molecular formula is C12H19NO. The second-order valence-corrected chi connectivity index (χ2v) is 3.32. The van der Waals surface area contributed by atoms with Crippen molar-refractivity contribution >= 4 is 5.69 Å². The van der Waals surface area contributed by atoms with Gasteiger partial charge in [-0.1, -0.05) is 12.1 Å². The lowest BCUT2D eigenvalue weighted by molar-refractivity contribution is 0.134. The molecule has 1 rings (SSSR count). The standard InChI is InChI=1S/C12H19NO/c1-4-13(3)12-8-6-11(7-9-12)10-14-5-2/h6-9H,4-5,10H2,1-3H3. The van der Waals surface area contributed by atoms with Gasteiger partial charge >= 0.3 is 0 Å². The molecule has 0 fully saturated rings. The lowest BCUT2D eigenvalue weighted by Gasteiger charge is -2.16. The number of rotatable bonds is 5. The van der Waals surface area contributed by atoms with Crippen molar-refractivity contribution in [2.75, 3.05) is 25.1 Å². The molecule has 0 amide bonds. The normalized spacial score (nSPS) is 10.2. The van der Waals surface area contributed by atoms with Gasteiger partial charge < -0.3 is 9.64 Å². The van der Waals surface area contributed by atoms with Crippen LogP contribution >= 0.6 is 0 Å². The molecular weight excluding hydrogens is 174 g/mol. The second-order valence-electron chi connectivity index (χ2n) is 3.32. The van der Waals surface area contributed by atoms with Gasteiger partial charge in [-0.05, 0) is 31.5 Å². The van der Waals surface area contributed by atoms with Crippen molar-refractivity contribution in [2.24, 2.45) is 0 Å². The summed E-state index contributed by atoms with van der Waals surface area (Å²) >= 11 is 0. The zero-order chi connectivity index (χ0) is 10.4. The molecule has 0 saturated carbocycles. The Balaban J connectivity index is 2.59. The van der Waals surface area contributed by atoms with Crippen molar-refractivity contribution in [1.82, 2.24) is 0 Å². The van der Waals surface area contributed by atoms with E-state index in [-0.39, 0.29) is 0 Å². The molecule has 2 nitrogen and oxygen atoms in total. The highest BCUT2D eigenvalue weighted by Gasteiger charge is 1.97. The van der Waals surface area contributed by atoms with Crippen LogP contribution < -0.4 is 4.90 Å². The fraction of sp³-hybridized carbons (Fsp3) is 0.500. The van der Waals surface area contributed by atoms with Gasteiger partial charge in [-0.15, -0.1) is 0 Å². The van der Waals surface area contributed by atoms with Gasteiger partial charge in [0.2, 0.25) is 0 Å². The van der Waals surface area contributed by atoms with Crippen LogP contribution in [0.4, 0.5) is 5.69 Å². The van der Waals surface area contributed by atoms with E-state index in [1.165, 1.54) is 11.3 Å². The van der Waals surface area contributed by atoms with Crippen LogP contribution in [0.15, 0.2) is 24.3 Å². The molecule has 0 N–H and O–H groups in total. The molecule has 0 unspecified atom stereocenters. The summed E-state index contributed by atoms with van der Waals surface area (Å²) in [6.45, 7) is 6.68. The third kappa shape index (κ3) is 3.04. The average Bonchev–Trinajstić information content (AvgIpc) is 2.26. The molecule has 78 valence electrons. The molecule has 0 aliphatic carbocycles. The van der Waals surface area contributed by atoms with Crippen LogP contribution in [-0.4, -0.2) is 20.2 Å². The summed E-state index contributed by atoms with van der Waals surface area (Å²) in [6, 6.07) is 8.52. The predicted molar refractivity (Wildman–Crippen MR) is 60.7 cm³/mol. The van der Waals surface area contributed by atoms with Crippen LogP contribution in [0, 0.1) is 0 Å². The van der Waals surface area contributed by atoms with Crippen LogP contribution in [0.2, 0.25) is 0 Å². The van der Waals surface area contributed by atoms with Gasteiger partial charge in [-0.3, -0.25) is 0 Å². The summed E-state index contributed by atoms with van der Waals surface area (Å²) in [5, 5.41) is 0. The molecule has 0 aliphatic rings. The molecule has 1 aromatic carbocycles. The molecule has 0 heterocycles. The summed E-state index contributed by atoms with van der Waals surface area (Å²) < 4.78 is 5.33. The molecule has 2 heteroatoms. The topological polar surface area (TPSA) is 12.5 Å². The van der Waals surface area contributed by atoms with Gasteiger partial charge in [0, 0.05) is 25.9 Å². The Morgan fingerprint density at radius 2 is 1.79 bits per heavy atom. The summed E-state index contributed by atoms with van der Waals surface area (Å²) in [4.78, 5) is 2.21. The van der Waals surface area contributed by atoms with E-state index in [4.69, 9.17) is 4.74 Å². The first-order chi connectivity index (χ1) is 6.77. The Kier molecular flexibility index (Phi) is 4.47. The maximum atomic E-state index is 5.33. The van der Waals surface area contributed by atoms with E-state index in [2.05, 4.69) is 43.1 Å². The molecule has 1 aromatic rings. The first kappa shape index (κ1) is 11.1. The van der Waals surface area contributed by atoms with Gasteiger partial charge in [-0.2, -0.15) is 0 Å². The molecule has 0 aliphatic heterocycles. The van der Waals surface area contributed by atoms with Gasteiger partial charge in [0.1, 0.15) is 0 Å². The third-order valence-electron chi connectivity index (χ3n) is 2.32. The predicted octanol–water partition coefficient (Wildman–Crippen LogP) is 2.68. The zero-order valence-electron chi connectivity index (χ0n) is 9.29. The van der Waals surface area contributed by atoms with E-state index in [9.17, 15) is 0 Å². The Labute approximate surface area is 86.5 Å². The van der Waals surface area contributed by atoms with Crippen molar-refractivity contribution in [2.45, 2.75) is 20.5 Å². The Hall–Kier alpha value is -1.02. The first-order valence-electron chi connectivity index (χ1n) is 5.15. The van der Waals surface area contributed by atoms with Crippen LogP contribution in [0.5, 0.6) is 0 Å². The van der Waals surface area contributed by atoms with E-state index < -0.39 is 0 Å². The lowest BCUT2D eigenvalue weighted by atomic mass is 10.2. The zero-order valence-corrected chi connectivity index (χ0v) is 9.29. The summed E-state index contributed by atoms with van der Waals surface area (Å²) in [6.07, 6.45) is 0. The second kappa shape index (κ2) is 5.66. The van der Waals surface area contributed by atoms with Gasteiger partial charge in [-0.25, -0.2) is 0 Å². The quantitative estimate of drug-likeness (QED) is 0.713. The van der Waals surface area contributed by atoms with E-state index in [0.29, 0.717) is 6.61 Å². The maximum Gasteiger partial charge on any atom is 0.0716 e. The minimum Gasteiger partial charge on any atom is -0.377 e. The van der Waals surface area contributed by atoms with Crippen molar-refractivity contribution in [3.63, 3.8) is 0 Å². The number of benzene rings is 1. The van der Waals surface area contributed by atoms with E-state index in [0.717, 1.165) is 13.2 Å². The SMILES string of the molecule is CCOCc1ccc(N(C)CC)cc1. The van der Waals surface area contributed by atoms with Crippen LogP contribution in [0.3, 0.4) is 0 Å². The highest BCUT2D eigenvalue weighted by atomic mass is 16.5. The fourth-order valence-electron chi connectivity index (χ4n) is 1.25. The number of hydrogen-bond donors (Lipinski definition) is 0. The van der Waals surface area contributed by atoms with Crippen molar-refractivity contribution in [1.29, 1.82) is 0 Å².